The van der Waals surface area contributed by atoms with Crippen molar-refractivity contribution in [3.63, 3.8) is 0 Å². The molecule has 146 valence electrons. The minimum atomic E-state index is -0.314. The lowest BCUT2D eigenvalue weighted by atomic mass is 10.1. The topological polar surface area (TPSA) is 67.4 Å². The van der Waals surface area contributed by atoms with E-state index in [1.165, 1.54) is 12.1 Å². The number of carbonyl (C=O) groups excluding carboxylic acids is 1. The monoisotopic (exact) mass is 383 g/mol. The van der Waals surface area contributed by atoms with Crippen LogP contribution in [0.25, 0.3) is 5.69 Å². The number of aryl methyl sites for hydroxylation is 2. The number of aromatic nitrogens is 3. The van der Waals surface area contributed by atoms with Crippen molar-refractivity contribution in [2.24, 2.45) is 0 Å². The van der Waals surface area contributed by atoms with Gasteiger partial charge in [-0.1, -0.05) is 5.16 Å². The minimum Gasteiger partial charge on any atom is -0.361 e. The summed E-state index contributed by atoms with van der Waals surface area (Å²) in [5.74, 6) is 0.462. The molecule has 1 aliphatic heterocycles. The number of carbonyl (C=O) groups is 1. The van der Waals surface area contributed by atoms with Gasteiger partial charge in [0, 0.05) is 44.0 Å². The van der Waals surface area contributed by atoms with Crippen LogP contribution in [-0.4, -0.2) is 56.6 Å². The Hall–Kier alpha value is -3.00. The van der Waals surface area contributed by atoms with Crippen LogP contribution in [0.4, 0.5) is 4.39 Å². The summed E-state index contributed by atoms with van der Waals surface area (Å²) in [6.07, 6.45) is 3.14. The average molecular weight is 383 g/mol. The molecule has 1 fully saturated rings. The molecule has 0 radical (unpaired) electrons. The highest BCUT2D eigenvalue weighted by Crippen LogP contribution is 2.18. The van der Waals surface area contributed by atoms with Crippen LogP contribution in [-0.2, 0) is 6.54 Å². The Morgan fingerprint density at radius 3 is 2.50 bits per heavy atom. The van der Waals surface area contributed by atoms with Crippen molar-refractivity contribution < 1.29 is 13.7 Å². The second-order valence-corrected chi connectivity index (χ2v) is 7.00. The molecule has 3 aromatic rings. The largest absolute Gasteiger partial charge is 0.361 e. The zero-order valence-electron chi connectivity index (χ0n) is 15.9. The molecule has 2 aromatic heterocycles. The lowest BCUT2D eigenvalue weighted by Crippen LogP contribution is -2.48. The number of hydrogen-bond donors (Lipinski definition) is 0. The van der Waals surface area contributed by atoms with Crippen LogP contribution in [0.2, 0.25) is 0 Å². The highest BCUT2D eigenvalue weighted by atomic mass is 19.1. The smallest absolute Gasteiger partial charge is 0.272 e. The quantitative estimate of drug-likeness (QED) is 0.693. The highest BCUT2D eigenvalue weighted by Gasteiger charge is 2.25. The normalized spacial score (nSPS) is 15.2. The number of imidazole rings is 1. The van der Waals surface area contributed by atoms with Gasteiger partial charge in [0.15, 0.2) is 0 Å². The van der Waals surface area contributed by atoms with E-state index in [0.717, 1.165) is 36.7 Å². The maximum absolute atomic E-state index is 13.2. The Morgan fingerprint density at radius 2 is 1.86 bits per heavy atom. The van der Waals surface area contributed by atoms with E-state index in [2.05, 4.69) is 15.0 Å². The Labute approximate surface area is 162 Å². The highest BCUT2D eigenvalue weighted by molar-refractivity contribution is 5.93. The van der Waals surface area contributed by atoms with Gasteiger partial charge in [-0.3, -0.25) is 14.3 Å². The Balaban J connectivity index is 1.42. The van der Waals surface area contributed by atoms with Crippen molar-refractivity contribution in [2.75, 3.05) is 26.2 Å². The van der Waals surface area contributed by atoms with Crippen LogP contribution in [0.5, 0.6) is 0 Å². The standard InChI is InChI=1S/C20H22FN5O2/c1-14-18(15(2)28-23-14)12-24-7-9-25(10-8-24)20(27)19-11-22-13-26(19)17-5-3-16(21)4-6-17/h3-6,11,13H,7-10,12H2,1-2H3. The molecule has 7 nitrogen and oxygen atoms in total. The predicted molar refractivity (Wildman–Crippen MR) is 101 cm³/mol. The van der Waals surface area contributed by atoms with Crippen molar-refractivity contribution in [1.29, 1.82) is 0 Å². The van der Waals surface area contributed by atoms with Crippen molar-refractivity contribution in [2.45, 2.75) is 20.4 Å². The Morgan fingerprint density at radius 1 is 1.14 bits per heavy atom. The minimum absolute atomic E-state index is 0.0705. The summed E-state index contributed by atoms with van der Waals surface area (Å²) in [7, 11) is 0. The van der Waals surface area contributed by atoms with Gasteiger partial charge in [0.1, 0.15) is 17.3 Å². The van der Waals surface area contributed by atoms with Crippen LogP contribution >= 0.6 is 0 Å². The second-order valence-electron chi connectivity index (χ2n) is 7.00. The summed E-state index contributed by atoms with van der Waals surface area (Å²) in [6.45, 7) is 7.47. The van der Waals surface area contributed by atoms with E-state index in [1.54, 1.807) is 29.2 Å². The molecule has 4 rings (SSSR count). The molecule has 0 saturated carbocycles. The molecule has 3 heterocycles. The summed E-state index contributed by atoms with van der Waals surface area (Å²) in [5, 5.41) is 4.00. The molecule has 0 spiro atoms. The Kier molecular flexibility index (Phi) is 4.95. The fourth-order valence-corrected chi connectivity index (χ4v) is 3.48. The van der Waals surface area contributed by atoms with Crippen LogP contribution in [0.15, 0.2) is 41.3 Å². The van der Waals surface area contributed by atoms with Gasteiger partial charge in [-0.25, -0.2) is 9.37 Å². The van der Waals surface area contributed by atoms with E-state index in [1.807, 2.05) is 18.7 Å². The van der Waals surface area contributed by atoms with E-state index in [4.69, 9.17) is 4.52 Å². The van der Waals surface area contributed by atoms with Gasteiger partial charge in [-0.2, -0.15) is 0 Å². The van der Waals surface area contributed by atoms with E-state index < -0.39 is 0 Å². The number of rotatable bonds is 4. The molecular formula is C20H22FN5O2. The second kappa shape index (κ2) is 7.55. The first-order chi connectivity index (χ1) is 13.5. The van der Waals surface area contributed by atoms with Crippen molar-refractivity contribution in [1.82, 2.24) is 24.5 Å². The fourth-order valence-electron chi connectivity index (χ4n) is 3.48. The predicted octanol–water partition coefficient (Wildman–Crippen LogP) is 2.57. The molecule has 1 aromatic carbocycles. The third-order valence-electron chi connectivity index (χ3n) is 5.18. The third kappa shape index (κ3) is 3.55. The van der Waals surface area contributed by atoms with Gasteiger partial charge in [-0.15, -0.1) is 0 Å². The maximum Gasteiger partial charge on any atom is 0.272 e. The molecule has 1 saturated heterocycles. The van der Waals surface area contributed by atoms with Crippen molar-refractivity contribution >= 4 is 5.91 Å². The molecule has 1 amide bonds. The zero-order valence-corrected chi connectivity index (χ0v) is 15.9. The molecule has 0 N–H and O–H groups in total. The molecule has 28 heavy (non-hydrogen) atoms. The molecule has 0 bridgehead atoms. The number of benzene rings is 1. The van der Waals surface area contributed by atoms with Crippen LogP contribution < -0.4 is 0 Å². The van der Waals surface area contributed by atoms with E-state index in [-0.39, 0.29) is 11.7 Å². The number of hydrogen-bond acceptors (Lipinski definition) is 5. The first-order valence-electron chi connectivity index (χ1n) is 9.24. The molecule has 8 heteroatoms. The number of piperazine rings is 1. The van der Waals surface area contributed by atoms with E-state index in [0.29, 0.717) is 24.5 Å². The number of halogens is 1. The number of nitrogens with zero attached hydrogens (tertiary/aromatic N) is 5. The summed E-state index contributed by atoms with van der Waals surface area (Å²) in [5.41, 5.74) is 3.22. The molecular weight excluding hydrogens is 361 g/mol. The fraction of sp³-hybridized carbons (Fsp3) is 0.350. The van der Waals surface area contributed by atoms with Crippen LogP contribution in [0, 0.1) is 19.7 Å². The van der Waals surface area contributed by atoms with E-state index >= 15 is 0 Å². The van der Waals surface area contributed by atoms with Crippen LogP contribution in [0.3, 0.4) is 0 Å². The lowest BCUT2D eigenvalue weighted by molar-refractivity contribution is 0.0619. The lowest BCUT2D eigenvalue weighted by Gasteiger charge is -2.34. The summed E-state index contributed by atoms with van der Waals surface area (Å²) < 4.78 is 20.1. The van der Waals surface area contributed by atoms with Gasteiger partial charge in [-0.05, 0) is 38.1 Å². The zero-order chi connectivity index (χ0) is 19.7. The first-order valence-corrected chi connectivity index (χ1v) is 9.24. The summed E-state index contributed by atoms with van der Waals surface area (Å²) in [4.78, 5) is 21.2. The summed E-state index contributed by atoms with van der Waals surface area (Å²) >= 11 is 0. The SMILES string of the molecule is Cc1noc(C)c1CN1CCN(C(=O)c2cncn2-c2ccc(F)cc2)CC1. The maximum atomic E-state index is 13.2. The van der Waals surface area contributed by atoms with Gasteiger partial charge >= 0.3 is 0 Å². The number of amides is 1. The molecule has 0 atom stereocenters. The average Bonchev–Trinajstić information content (AvgIpc) is 3.31. The van der Waals surface area contributed by atoms with Crippen LogP contribution in [0.1, 0.15) is 27.5 Å². The van der Waals surface area contributed by atoms with Gasteiger partial charge < -0.3 is 9.42 Å². The van der Waals surface area contributed by atoms with Gasteiger partial charge in [0.25, 0.3) is 5.91 Å². The van der Waals surface area contributed by atoms with E-state index in [9.17, 15) is 9.18 Å². The molecule has 1 aliphatic rings. The molecule has 0 unspecified atom stereocenters. The van der Waals surface area contributed by atoms with Crippen molar-refractivity contribution in [3.8, 4) is 5.69 Å². The van der Waals surface area contributed by atoms with Crippen molar-refractivity contribution in [3.05, 3.63) is 65.3 Å². The first kappa shape index (κ1) is 18.4. The molecule has 0 aliphatic carbocycles. The summed E-state index contributed by atoms with van der Waals surface area (Å²) in [6, 6.07) is 6.01. The van der Waals surface area contributed by atoms with Gasteiger partial charge in [0.2, 0.25) is 0 Å². The third-order valence-corrected chi connectivity index (χ3v) is 5.18. The van der Waals surface area contributed by atoms with Gasteiger partial charge in [0.05, 0.1) is 18.2 Å². The Bertz CT molecular complexity index is 951.